The highest BCUT2D eigenvalue weighted by atomic mass is 16.5. The quantitative estimate of drug-likeness (QED) is 0.609. The van der Waals surface area contributed by atoms with Crippen LogP contribution in [-0.4, -0.2) is 77.4 Å². The van der Waals surface area contributed by atoms with Crippen LogP contribution in [0.4, 0.5) is 5.82 Å². The summed E-state index contributed by atoms with van der Waals surface area (Å²) in [5, 5.41) is 0. The third-order valence-electron chi connectivity index (χ3n) is 6.28. The van der Waals surface area contributed by atoms with Gasteiger partial charge in [-0.2, -0.15) is 0 Å². The third-order valence-corrected chi connectivity index (χ3v) is 6.28. The lowest BCUT2D eigenvalue weighted by Crippen LogP contribution is -2.49. The van der Waals surface area contributed by atoms with Crippen molar-refractivity contribution in [3.63, 3.8) is 0 Å². The van der Waals surface area contributed by atoms with Crippen molar-refractivity contribution in [2.24, 2.45) is 0 Å². The number of ether oxygens (including phenoxy) is 2. The van der Waals surface area contributed by atoms with Gasteiger partial charge in [-0.05, 0) is 31.0 Å². The van der Waals surface area contributed by atoms with E-state index < -0.39 is 0 Å². The van der Waals surface area contributed by atoms with Crippen LogP contribution in [0.3, 0.4) is 0 Å². The second kappa shape index (κ2) is 9.58. The van der Waals surface area contributed by atoms with Gasteiger partial charge in [0.2, 0.25) is 0 Å². The van der Waals surface area contributed by atoms with Crippen molar-refractivity contribution in [3.8, 4) is 28.4 Å². The molecule has 0 bridgehead atoms. The molecule has 0 aliphatic carbocycles. The molecule has 3 aromatic heterocycles. The predicted molar refractivity (Wildman–Crippen MR) is 123 cm³/mol. The first kappa shape index (κ1) is 20.8. The van der Waals surface area contributed by atoms with Crippen LogP contribution < -0.4 is 9.64 Å². The summed E-state index contributed by atoms with van der Waals surface area (Å²) in [5.74, 6) is 2.37. The lowest BCUT2D eigenvalue weighted by atomic mass is 10.0. The van der Waals surface area contributed by atoms with Gasteiger partial charge < -0.3 is 14.4 Å². The van der Waals surface area contributed by atoms with Crippen LogP contribution in [0.25, 0.3) is 22.6 Å². The van der Waals surface area contributed by atoms with E-state index >= 15 is 0 Å². The molecule has 0 spiro atoms. The predicted octanol–water partition coefficient (Wildman–Crippen LogP) is 2.91. The Balaban J connectivity index is 1.45. The lowest BCUT2D eigenvalue weighted by molar-refractivity contribution is 0.0115. The number of pyridine rings is 2. The Morgan fingerprint density at radius 2 is 1.69 bits per heavy atom. The average molecular weight is 433 g/mol. The number of morpholine rings is 1. The van der Waals surface area contributed by atoms with E-state index in [1.807, 2.05) is 18.2 Å². The van der Waals surface area contributed by atoms with Crippen LogP contribution in [0.15, 0.2) is 49.1 Å². The topological polar surface area (TPSA) is 76.5 Å². The number of rotatable bonds is 5. The first-order valence-corrected chi connectivity index (χ1v) is 11.2. The Hall–Kier alpha value is -3.10. The maximum atomic E-state index is 5.57. The molecule has 0 aromatic carbocycles. The summed E-state index contributed by atoms with van der Waals surface area (Å²) in [5.41, 5.74) is 2.60. The van der Waals surface area contributed by atoms with Crippen molar-refractivity contribution in [2.75, 3.05) is 51.4 Å². The summed E-state index contributed by atoms with van der Waals surface area (Å²) in [6, 6.07) is 8.41. The van der Waals surface area contributed by atoms with Gasteiger partial charge >= 0.3 is 0 Å². The van der Waals surface area contributed by atoms with Crippen molar-refractivity contribution in [3.05, 3.63) is 49.1 Å². The minimum atomic E-state index is 0.620. The zero-order chi connectivity index (χ0) is 21.8. The van der Waals surface area contributed by atoms with Crippen molar-refractivity contribution < 1.29 is 9.47 Å². The molecule has 0 unspecified atom stereocenters. The van der Waals surface area contributed by atoms with E-state index in [9.17, 15) is 0 Å². The summed E-state index contributed by atoms with van der Waals surface area (Å²) < 4.78 is 11.1. The monoisotopic (exact) mass is 432 g/mol. The normalized spacial score (nSPS) is 18.0. The van der Waals surface area contributed by atoms with E-state index in [4.69, 9.17) is 19.4 Å². The molecule has 0 atom stereocenters. The van der Waals surface area contributed by atoms with E-state index in [-0.39, 0.29) is 0 Å². The number of anilines is 1. The highest BCUT2D eigenvalue weighted by Gasteiger charge is 2.27. The molecule has 0 radical (unpaired) electrons. The highest BCUT2D eigenvalue weighted by molar-refractivity contribution is 5.71. The Kier molecular flexibility index (Phi) is 6.22. The number of methoxy groups -OCH3 is 1. The second-order valence-corrected chi connectivity index (χ2v) is 8.11. The van der Waals surface area contributed by atoms with Crippen LogP contribution >= 0.6 is 0 Å². The molecule has 32 heavy (non-hydrogen) atoms. The first-order valence-electron chi connectivity index (χ1n) is 11.2. The van der Waals surface area contributed by atoms with Crippen molar-refractivity contribution in [1.29, 1.82) is 0 Å². The molecule has 8 heteroatoms. The van der Waals surface area contributed by atoms with Gasteiger partial charge in [-0.25, -0.2) is 9.97 Å². The summed E-state index contributed by atoms with van der Waals surface area (Å²) in [4.78, 5) is 23.2. The first-order chi connectivity index (χ1) is 15.8. The molecule has 2 saturated heterocycles. The molecular formula is C24H28N6O2. The summed E-state index contributed by atoms with van der Waals surface area (Å²) in [6.45, 7) is 5.71. The molecule has 2 aliphatic rings. The zero-order valence-corrected chi connectivity index (χ0v) is 18.4. The number of hydrogen-bond acceptors (Lipinski definition) is 8. The molecule has 0 saturated carbocycles. The van der Waals surface area contributed by atoms with E-state index in [0.717, 1.165) is 80.6 Å². The molecule has 5 rings (SSSR count). The van der Waals surface area contributed by atoms with Crippen LogP contribution in [0.1, 0.15) is 12.8 Å². The van der Waals surface area contributed by atoms with Gasteiger partial charge in [-0.1, -0.05) is 0 Å². The van der Waals surface area contributed by atoms with Crippen LogP contribution in [0, 0.1) is 0 Å². The number of hydrogen-bond donors (Lipinski definition) is 0. The number of piperidine rings is 1. The molecule has 2 fully saturated rings. The van der Waals surface area contributed by atoms with Gasteiger partial charge in [0, 0.05) is 68.6 Å². The summed E-state index contributed by atoms with van der Waals surface area (Å²) in [7, 11) is 1.67. The van der Waals surface area contributed by atoms with Crippen molar-refractivity contribution in [1.82, 2.24) is 24.8 Å². The van der Waals surface area contributed by atoms with Crippen LogP contribution in [0.2, 0.25) is 0 Å². The van der Waals surface area contributed by atoms with Gasteiger partial charge in [-0.3, -0.25) is 14.9 Å². The summed E-state index contributed by atoms with van der Waals surface area (Å²) in [6.07, 6.45) is 9.31. The van der Waals surface area contributed by atoms with E-state index in [2.05, 4.69) is 25.8 Å². The SMILES string of the molecule is COc1ccncc1-c1cc(N2CCC(N3CCOCC3)CC2)nc(-c2ccncc2)n1. The Morgan fingerprint density at radius 1 is 0.938 bits per heavy atom. The van der Waals surface area contributed by atoms with Gasteiger partial charge in [0.15, 0.2) is 5.82 Å². The molecule has 2 aliphatic heterocycles. The van der Waals surface area contributed by atoms with Gasteiger partial charge in [0.1, 0.15) is 11.6 Å². The fraction of sp³-hybridized carbons (Fsp3) is 0.417. The van der Waals surface area contributed by atoms with Crippen molar-refractivity contribution in [2.45, 2.75) is 18.9 Å². The smallest absolute Gasteiger partial charge is 0.162 e. The van der Waals surface area contributed by atoms with E-state index in [0.29, 0.717) is 11.9 Å². The molecule has 3 aromatic rings. The maximum absolute atomic E-state index is 5.57. The van der Waals surface area contributed by atoms with E-state index in [1.54, 1.807) is 31.9 Å². The van der Waals surface area contributed by atoms with Gasteiger partial charge in [0.05, 0.1) is 31.6 Å². The molecular weight excluding hydrogens is 404 g/mol. The summed E-state index contributed by atoms with van der Waals surface area (Å²) >= 11 is 0. The highest BCUT2D eigenvalue weighted by Crippen LogP contribution is 2.32. The molecule has 166 valence electrons. The van der Waals surface area contributed by atoms with Crippen LogP contribution in [0.5, 0.6) is 5.75 Å². The maximum Gasteiger partial charge on any atom is 0.162 e. The average Bonchev–Trinajstić information content (AvgIpc) is 2.89. The largest absolute Gasteiger partial charge is 0.496 e. The van der Waals surface area contributed by atoms with Crippen LogP contribution in [-0.2, 0) is 4.74 Å². The third kappa shape index (κ3) is 4.42. The minimum Gasteiger partial charge on any atom is -0.496 e. The van der Waals surface area contributed by atoms with E-state index in [1.165, 1.54) is 0 Å². The fourth-order valence-corrected chi connectivity index (χ4v) is 4.52. The molecule has 0 N–H and O–H groups in total. The Morgan fingerprint density at radius 3 is 2.44 bits per heavy atom. The minimum absolute atomic E-state index is 0.620. The van der Waals surface area contributed by atoms with Crippen molar-refractivity contribution >= 4 is 5.82 Å². The van der Waals surface area contributed by atoms with Gasteiger partial charge in [-0.15, -0.1) is 0 Å². The zero-order valence-electron chi connectivity index (χ0n) is 18.4. The lowest BCUT2D eigenvalue weighted by Gasteiger charge is -2.40. The Bertz CT molecular complexity index is 1030. The standard InChI is InChI=1S/C24H28N6O2/c1-31-22-4-9-26-17-20(22)21-16-23(28-24(27-21)18-2-7-25-8-3-18)30-10-5-19(6-11-30)29-12-14-32-15-13-29/h2-4,7-9,16-17,19H,5-6,10-15H2,1H3. The molecule has 0 amide bonds. The van der Waals surface area contributed by atoms with Gasteiger partial charge in [0.25, 0.3) is 0 Å². The fourth-order valence-electron chi connectivity index (χ4n) is 4.52. The number of nitrogens with zero attached hydrogens (tertiary/aromatic N) is 6. The molecule has 8 nitrogen and oxygen atoms in total. The Labute approximate surface area is 188 Å². The second-order valence-electron chi connectivity index (χ2n) is 8.11. The number of aromatic nitrogens is 4. The molecule has 5 heterocycles.